The summed E-state index contributed by atoms with van der Waals surface area (Å²) >= 11 is 1.48. The molecule has 68 valence electrons. The normalized spacial score (nSPS) is 8.75. The number of hydrogen-bond donors (Lipinski definition) is 0. The van der Waals surface area contributed by atoms with Gasteiger partial charge in [-0.25, -0.2) is 0 Å². The summed E-state index contributed by atoms with van der Waals surface area (Å²) in [4.78, 5) is 13.2. The first kappa shape index (κ1) is 11.1. The fraction of sp³-hybridized carbons (Fsp3) is 0.833. The van der Waals surface area contributed by atoms with E-state index in [1.54, 1.807) is 0 Å². The molecule has 12 heavy (non-hydrogen) atoms. The highest BCUT2D eigenvalue weighted by molar-refractivity contribution is 7.99. The Morgan fingerprint density at radius 3 is 3.08 bits per heavy atom. The standard InChI is InChI=1S/C6H11N3O2S/c1-11-6(10)5-12-4-2-3-8-9-7/h2-5H2,1H3. The summed E-state index contributed by atoms with van der Waals surface area (Å²) in [5, 5.41) is 3.36. The average Bonchev–Trinajstić information content (AvgIpc) is 2.10. The molecule has 0 aliphatic heterocycles. The average molecular weight is 189 g/mol. The van der Waals surface area contributed by atoms with E-state index in [-0.39, 0.29) is 5.97 Å². The van der Waals surface area contributed by atoms with Crippen LogP contribution in [0.3, 0.4) is 0 Å². The van der Waals surface area contributed by atoms with Crippen LogP contribution in [0.1, 0.15) is 6.42 Å². The van der Waals surface area contributed by atoms with Gasteiger partial charge in [0.2, 0.25) is 0 Å². The summed E-state index contributed by atoms with van der Waals surface area (Å²) in [6.45, 7) is 0.491. The SMILES string of the molecule is COC(=O)CSCCCN=[N+]=[N-]. The van der Waals surface area contributed by atoms with Crippen LogP contribution in [0.15, 0.2) is 5.11 Å². The first-order chi connectivity index (χ1) is 5.81. The molecule has 0 bridgehead atoms. The summed E-state index contributed by atoms with van der Waals surface area (Å²) in [5.74, 6) is 0.963. The molecule has 0 atom stereocenters. The second kappa shape index (κ2) is 8.23. The van der Waals surface area contributed by atoms with Gasteiger partial charge in [-0.2, -0.15) is 11.8 Å². The molecule has 0 aliphatic rings. The van der Waals surface area contributed by atoms with Gasteiger partial charge < -0.3 is 4.74 Å². The van der Waals surface area contributed by atoms with Gasteiger partial charge in [0, 0.05) is 11.5 Å². The number of esters is 1. The summed E-state index contributed by atoms with van der Waals surface area (Å²) in [6.07, 6.45) is 0.797. The third kappa shape index (κ3) is 7.24. The highest BCUT2D eigenvalue weighted by Gasteiger charge is 1.98. The molecule has 0 rings (SSSR count). The Bertz CT molecular complexity index is 180. The summed E-state index contributed by atoms with van der Waals surface area (Å²) < 4.78 is 4.44. The van der Waals surface area contributed by atoms with Crippen molar-refractivity contribution in [1.29, 1.82) is 0 Å². The molecule has 0 fully saturated rings. The van der Waals surface area contributed by atoms with E-state index in [4.69, 9.17) is 5.53 Å². The quantitative estimate of drug-likeness (QED) is 0.209. The molecular formula is C6H11N3O2S. The monoisotopic (exact) mass is 189 g/mol. The Kier molecular flexibility index (Phi) is 7.63. The fourth-order valence-electron chi connectivity index (χ4n) is 0.496. The molecule has 0 aliphatic carbocycles. The predicted octanol–water partition coefficient (Wildman–Crippen LogP) is 1.59. The zero-order chi connectivity index (χ0) is 9.23. The van der Waals surface area contributed by atoms with E-state index in [0.717, 1.165) is 12.2 Å². The van der Waals surface area contributed by atoms with Gasteiger partial charge in [0.05, 0.1) is 12.9 Å². The molecule has 0 amide bonds. The first-order valence-electron chi connectivity index (χ1n) is 3.46. The van der Waals surface area contributed by atoms with E-state index in [0.29, 0.717) is 12.3 Å². The van der Waals surface area contributed by atoms with Crippen LogP contribution in [-0.2, 0) is 9.53 Å². The van der Waals surface area contributed by atoms with Gasteiger partial charge in [0.25, 0.3) is 0 Å². The maximum Gasteiger partial charge on any atom is 0.315 e. The molecule has 6 heteroatoms. The Morgan fingerprint density at radius 1 is 1.75 bits per heavy atom. The van der Waals surface area contributed by atoms with Crippen molar-refractivity contribution in [1.82, 2.24) is 0 Å². The molecule has 0 saturated carbocycles. The van der Waals surface area contributed by atoms with Crippen LogP contribution < -0.4 is 0 Å². The number of thioether (sulfide) groups is 1. The van der Waals surface area contributed by atoms with Gasteiger partial charge in [-0.15, -0.1) is 0 Å². The number of ether oxygens (including phenoxy) is 1. The predicted molar refractivity (Wildman–Crippen MR) is 48.0 cm³/mol. The number of methoxy groups -OCH3 is 1. The minimum Gasteiger partial charge on any atom is -0.468 e. The second-order valence-corrected chi connectivity index (χ2v) is 3.04. The smallest absolute Gasteiger partial charge is 0.315 e. The molecule has 5 nitrogen and oxygen atoms in total. The lowest BCUT2D eigenvalue weighted by Crippen LogP contribution is -2.03. The topological polar surface area (TPSA) is 75.1 Å². The van der Waals surface area contributed by atoms with Crippen LogP contribution in [0.2, 0.25) is 0 Å². The third-order valence-corrected chi connectivity index (χ3v) is 2.07. The molecule has 0 N–H and O–H groups in total. The number of hydrogen-bond acceptors (Lipinski definition) is 4. The van der Waals surface area contributed by atoms with Gasteiger partial charge >= 0.3 is 5.97 Å². The summed E-state index contributed by atoms with van der Waals surface area (Å²) in [5.41, 5.74) is 7.93. The van der Waals surface area contributed by atoms with Gasteiger partial charge in [0.15, 0.2) is 0 Å². The molecule has 0 unspecified atom stereocenters. The van der Waals surface area contributed by atoms with E-state index in [2.05, 4.69) is 14.8 Å². The summed E-state index contributed by atoms with van der Waals surface area (Å²) in [7, 11) is 1.36. The van der Waals surface area contributed by atoms with E-state index in [1.807, 2.05) is 0 Å². The Morgan fingerprint density at radius 2 is 2.50 bits per heavy atom. The minimum absolute atomic E-state index is 0.219. The van der Waals surface area contributed by atoms with Crippen molar-refractivity contribution in [3.63, 3.8) is 0 Å². The molecule has 0 aromatic carbocycles. The number of carbonyl (C=O) groups is 1. The largest absolute Gasteiger partial charge is 0.468 e. The Balaban J connectivity index is 3.10. The maximum absolute atomic E-state index is 10.6. The molecule has 0 heterocycles. The highest BCUT2D eigenvalue weighted by atomic mass is 32.2. The van der Waals surface area contributed by atoms with Crippen LogP contribution >= 0.6 is 11.8 Å². The number of azide groups is 1. The number of carbonyl (C=O) groups excluding carboxylic acids is 1. The molecule has 0 aromatic rings. The second-order valence-electron chi connectivity index (χ2n) is 1.94. The van der Waals surface area contributed by atoms with Crippen LogP contribution in [0.5, 0.6) is 0 Å². The number of nitrogens with zero attached hydrogens (tertiary/aromatic N) is 3. The van der Waals surface area contributed by atoms with Crippen molar-refractivity contribution >= 4 is 17.7 Å². The van der Waals surface area contributed by atoms with Gasteiger partial charge in [-0.05, 0) is 17.7 Å². The molecule has 0 aromatic heterocycles. The van der Waals surface area contributed by atoms with E-state index in [1.165, 1.54) is 18.9 Å². The molecule has 0 saturated heterocycles. The Labute approximate surface area is 75.1 Å². The van der Waals surface area contributed by atoms with Gasteiger partial charge in [-0.3, -0.25) is 4.79 Å². The van der Waals surface area contributed by atoms with Crippen molar-refractivity contribution in [2.75, 3.05) is 25.2 Å². The van der Waals surface area contributed by atoms with Gasteiger partial charge in [0.1, 0.15) is 0 Å². The third-order valence-electron chi connectivity index (χ3n) is 1.06. The maximum atomic E-state index is 10.6. The van der Waals surface area contributed by atoms with E-state index in [9.17, 15) is 4.79 Å². The summed E-state index contributed by atoms with van der Waals surface area (Å²) in [6, 6.07) is 0. The zero-order valence-corrected chi connectivity index (χ0v) is 7.71. The van der Waals surface area contributed by atoms with Crippen molar-refractivity contribution in [3.05, 3.63) is 10.4 Å². The minimum atomic E-state index is -0.219. The highest BCUT2D eigenvalue weighted by Crippen LogP contribution is 2.02. The lowest BCUT2D eigenvalue weighted by molar-refractivity contribution is -0.137. The Hall–Kier alpha value is -0.870. The van der Waals surface area contributed by atoms with Crippen LogP contribution in [0.25, 0.3) is 10.4 Å². The fourth-order valence-corrected chi connectivity index (χ4v) is 1.26. The van der Waals surface area contributed by atoms with E-state index < -0.39 is 0 Å². The van der Waals surface area contributed by atoms with Gasteiger partial charge in [-0.1, -0.05) is 5.11 Å². The van der Waals surface area contributed by atoms with E-state index >= 15 is 0 Å². The lowest BCUT2D eigenvalue weighted by atomic mass is 10.5. The van der Waals surface area contributed by atoms with Crippen LogP contribution in [0.4, 0.5) is 0 Å². The molecule has 0 spiro atoms. The van der Waals surface area contributed by atoms with Crippen molar-refractivity contribution in [2.45, 2.75) is 6.42 Å². The lowest BCUT2D eigenvalue weighted by Gasteiger charge is -1.97. The van der Waals surface area contributed by atoms with Crippen molar-refractivity contribution < 1.29 is 9.53 Å². The van der Waals surface area contributed by atoms with Crippen molar-refractivity contribution in [2.24, 2.45) is 5.11 Å². The molecule has 0 radical (unpaired) electrons. The van der Waals surface area contributed by atoms with Crippen LogP contribution in [0, 0.1) is 0 Å². The van der Waals surface area contributed by atoms with Crippen molar-refractivity contribution in [3.8, 4) is 0 Å². The first-order valence-corrected chi connectivity index (χ1v) is 4.62. The zero-order valence-electron chi connectivity index (χ0n) is 6.89. The number of rotatable bonds is 6. The van der Waals surface area contributed by atoms with Crippen LogP contribution in [-0.4, -0.2) is 31.1 Å². The molecular weight excluding hydrogens is 178 g/mol.